The van der Waals surface area contributed by atoms with Crippen molar-refractivity contribution < 1.29 is 22.4 Å². The fourth-order valence-electron chi connectivity index (χ4n) is 1.06. The van der Waals surface area contributed by atoms with Crippen LogP contribution in [0.15, 0.2) is 12.1 Å². The molecular weight excluding hydrogens is 240 g/mol. The molecule has 0 fully saturated rings. The molecule has 0 saturated carbocycles. The number of benzene rings is 1. The second-order valence-corrected chi connectivity index (χ2v) is 3.03. The fourth-order valence-corrected chi connectivity index (χ4v) is 1.06. The van der Waals surface area contributed by atoms with Crippen molar-refractivity contribution in [1.29, 1.82) is 0 Å². The van der Waals surface area contributed by atoms with Gasteiger partial charge in [-0.2, -0.15) is 13.2 Å². The van der Waals surface area contributed by atoms with E-state index in [2.05, 4.69) is 5.73 Å². The molecule has 1 aromatic carbocycles. The van der Waals surface area contributed by atoms with Gasteiger partial charge in [0.2, 0.25) is 0 Å². The minimum absolute atomic E-state index is 0.417. The molecule has 0 bridgehead atoms. The van der Waals surface area contributed by atoms with E-state index in [0.29, 0.717) is 12.1 Å². The lowest BCUT2D eigenvalue weighted by molar-refractivity contribution is -0.137. The zero-order valence-corrected chi connectivity index (χ0v) is 8.23. The average Bonchev–Trinajstić information content (AvgIpc) is 2.17. The lowest BCUT2D eigenvalue weighted by Crippen LogP contribution is -2.11. The van der Waals surface area contributed by atoms with Crippen molar-refractivity contribution in [2.45, 2.75) is 6.18 Å². The first-order valence-electron chi connectivity index (χ1n) is 4.19. The van der Waals surface area contributed by atoms with E-state index >= 15 is 0 Å². The van der Waals surface area contributed by atoms with Gasteiger partial charge in [0.15, 0.2) is 0 Å². The molecule has 0 saturated heterocycles. The number of rotatable bonds is 0. The summed E-state index contributed by atoms with van der Waals surface area (Å²) in [6, 6.07) is 0.925. The largest absolute Gasteiger partial charge is 0.417 e. The van der Waals surface area contributed by atoms with Crippen LogP contribution in [-0.2, 0) is 11.0 Å². The minimum Gasteiger partial charge on any atom is -0.396 e. The van der Waals surface area contributed by atoms with E-state index in [0.717, 1.165) is 0 Å². The highest BCUT2D eigenvalue weighted by molar-refractivity contribution is 5.92. The Kier molecular flexibility index (Phi) is 3.27. The number of anilines is 1. The van der Waals surface area contributed by atoms with Crippen LogP contribution in [0.5, 0.6) is 0 Å². The molecule has 1 aromatic rings. The molecule has 1 rings (SSSR count). The number of amides is 1. The number of halogens is 4. The van der Waals surface area contributed by atoms with E-state index in [1.807, 2.05) is 5.92 Å². The number of alkyl halides is 3. The molecule has 4 N–H and O–H groups in total. The van der Waals surface area contributed by atoms with Gasteiger partial charge in [-0.1, -0.05) is 5.92 Å². The summed E-state index contributed by atoms with van der Waals surface area (Å²) in [5.74, 6) is 1.38. The predicted molar refractivity (Wildman–Crippen MR) is 51.9 cm³/mol. The van der Waals surface area contributed by atoms with Crippen LogP contribution in [0, 0.1) is 17.7 Å². The summed E-state index contributed by atoms with van der Waals surface area (Å²) in [4.78, 5) is 10.3. The minimum atomic E-state index is -4.75. The standard InChI is InChI=1S/C10H6F4N2O/c11-7-3-5(1-2-9(16)17)6(4-8(7)15)10(12,13)14/h3-4H,15H2,(H2,16,17). The van der Waals surface area contributed by atoms with Crippen LogP contribution in [-0.4, -0.2) is 5.91 Å². The van der Waals surface area contributed by atoms with E-state index < -0.39 is 34.7 Å². The number of carbonyl (C=O) groups is 1. The van der Waals surface area contributed by atoms with E-state index in [1.54, 1.807) is 5.92 Å². The summed E-state index contributed by atoms with van der Waals surface area (Å²) in [6.07, 6.45) is -4.75. The predicted octanol–water partition coefficient (Wildman–Crippen LogP) is 1.26. The van der Waals surface area contributed by atoms with Crippen molar-refractivity contribution in [2.75, 3.05) is 5.73 Å². The summed E-state index contributed by atoms with van der Waals surface area (Å²) in [5.41, 5.74) is 7.12. The van der Waals surface area contributed by atoms with Gasteiger partial charge in [-0.25, -0.2) is 4.39 Å². The third-order valence-corrected chi connectivity index (χ3v) is 1.76. The van der Waals surface area contributed by atoms with Crippen LogP contribution in [0.2, 0.25) is 0 Å². The van der Waals surface area contributed by atoms with E-state index in [4.69, 9.17) is 5.73 Å². The fraction of sp³-hybridized carbons (Fsp3) is 0.100. The summed E-state index contributed by atoms with van der Waals surface area (Å²) < 4.78 is 50.6. The third kappa shape index (κ3) is 3.11. The number of primary amides is 1. The Morgan fingerprint density at radius 2 is 1.88 bits per heavy atom. The monoisotopic (exact) mass is 246 g/mol. The molecule has 0 heterocycles. The molecule has 3 nitrogen and oxygen atoms in total. The molecule has 0 atom stereocenters. The molecular formula is C10H6F4N2O. The topological polar surface area (TPSA) is 69.1 Å². The van der Waals surface area contributed by atoms with Crippen molar-refractivity contribution in [3.8, 4) is 11.8 Å². The van der Waals surface area contributed by atoms with Crippen molar-refractivity contribution in [3.63, 3.8) is 0 Å². The molecule has 0 aliphatic heterocycles. The Morgan fingerprint density at radius 1 is 1.29 bits per heavy atom. The Hall–Kier alpha value is -2.23. The Labute approximate surface area is 93.4 Å². The number of hydrogen-bond acceptors (Lipinski definition) is 2. The Bertz CT molecular complexity index is 526. The smallest absolute Gasteiger partial charge is 0.396 e. The number of nitrogen functional groups attached to an aromatic ring is 1. The number of hydrogen-bond donors (Lipinski definition) is 2. The van der Waals surface area contributed by atoms with Crippen molar-refractivity contribution in [2.24, 2.45) is 5.73 Å². The highest BCUT2D eigenvalue weighted by Gasteiger charge is 2.34. The van der Waals surface area contributed by atoms with Crippen molar-refractivity contribution in [3.05, 3.63) is 29.1 Å². The normalized spacial score (nSPS) is 10.6. The van der Waals surface area contributed by atoms with Crippen LogP contribution in [0.1, 0.15) is 11.1 Å². The molecule has 0 aliphatic carbocycles. The third-order valence-electron chi connectivity index (χ3n) is 1.76. The molecule has 7 heteroatoms. The SMILES string of the molecule is NC(=O)C#Cc1cc(F)c(N)cc1C(F)(F)F. The highest BCUT2D eigenvalue weighted by atomic mass is 19.4. The van der Waals surface area contributed by atoms with Crippen molar-refractivity contribution in [1.82, 2.24) is 0 Å². The van der Waals surface area contributed by atoms with Gasteiger partial charge in [-0.15, -0.1) is 0 Å². The maximum atomic E-state index is 13.0. The number of carbonyl (C=O) groups excluding carboxylic acids is 1. The second-order valence-electron chi connectivity index (χ2n) is 3.03. The molecule has 0 radical (unpaired) electrons. The van der Waals surface area contributed by atoms with Gasteiger partial charge < -0.3 is 11.5 Å². The molecule has 0 aliphatic rings. The summed E-state index contributed by atoms with van der Waals surface area (Å²) in [5, 5.41) is 0. The quantitative estimate of drug-likeness (QED) is 0.411. The van der Waals surface area contributed by atoms with Gasteiger partial charge >= 0.3 is 6.18 Å². The molecule has 0 spiro atoms. The zero-order chi connectivity index (χ0) is 13.2. The first-order valence-corrected chi connectivity index (χ1v) is 4.19. The Balaban J connectivity index is 3.43. The van der Waals surface area contributed by atoms with Crippen LogP contribution < -0.4 is 11.5 Å². The maximum Gasteiger partial charge on any atom is 0.417 e. The van der Waals surface area contributed by atoms with E-state index in [9.17, 15) is 22.4 Å². The molecule has 1 amide bonds. The Morgan fingerprint density at radius 3 is 2.35 bits per heavy atom. The van der Waals surface area contributed by atoms with Crippen LogP contribution in [0.3, 0.4) is 0 Å². The van der Waals surface area contributed by atoms with Crippen LogP contribution in [0.4, 0.5) is 23.2 Å². The molecule has 0 unspecified atom stereocenters. The van der Waals surface area contributed by atoms with Gasteiger partial charge in [0.05, 0.1) is 11.3 Å². The van der Waals surface area contributed by atoms with Gasteiger partial charge in [0.1, 0.15) is 5.82 Å². The highest BCUT2D eigenvalue weighted by Crippen LogP contribution is 2.33. The zero-order valence-electron chi connectivity index (χ0n) is 8.23. The summed E-state index contributed by atoms with van der Waals surface area (Å²) >= 11 is 0. The summed E-state index contributed by atoms with van der Waals surface area (Å²) in [7, 11) is 0. The van der Waals surface area contributed by atoms with Crippen molar-refractivity contribution >= 4 is 11.6 Å². The van der Waals surface area contributed by atoms with E-state index in [-0.39, 0.29) is 0 Å². The lowest BCUT2D eigenvalue weighted by Gasteiger charge is -2.10. The van der Waals surface area contributed by atoms with Crippen LogP contribution >= 0.6 is 0 Å². The molecule has 0 aromatic heterocycles. The van der Waals surface area contributed by atoms with Crippen LogP contribution in [0.25, 0.3) is 0 Å². The first kappa shape index (κ1) is 12.8. The summed E-state index contributed by atoms with van der Waals surface area (Å²) in [6.45, 7) is 0. The average molecular weight is 246 g/mol. The second kappa shape index (κ2) is 4.33. The first-order chi connectivity index (χ1) is 7.71. The van der Waals surface area contributed by atoms with Gasteiger partial charge in [-0.05, 0) is 18.1 Å². The molecule has 90 valence electrons. The molecule has 17 heavy (non-hydrogen) atoms. The lowest BCUT2D eigenvalue weighted by atomic mass is 10.1. The van der Waals surface area contributed by atoms with Gasteiger partial charge in [0, 0.05) is 5.56 Å². The maximum absolute atomic E-state index is 13.0. The van der Waals surface area contributed by atoms with Gasteiger partial charge in [0.25, 0.3) is 5.91 Å². The van der Waals surface area contributed by atoms with Gasteiger partial charge in [-0.3, -0.25) is 4.79 Å². The number of nitrogens with two attached hydrogens (primary N) is 2. The van der Waals surface area contributed by atoms with E-state index in [1.165, 1.54) is 0 Å².